The Morgan fingerprint density at radius 3 is 2.05 bits per heavy atom. The van der Waals surface area contributed by atoms with Crippen molar-refractivity contribution >= 4 is 16.1 Å². The van der Waals surface area contributed by atoms with E-state index in [1.54, 1.807) is 32.9 Å². The van der Waals surface area contributed by atoms with Crippen molar-refractivity contribution in [2.45, 2.75) is 32.6 Å². The maximum atomic E-state index is 12.3. The van der Waals surface area contributed by atoms with Gasteiger partial charge in [-0.25, -0.2) is 17.5 Å². The highest BCUT2D eigenvalue weighted by molar-refractivity contribution is 7.89. The van der Waals surface area contributed by atoms with Crippen molar-refractivity contribution in [3.8, 4) is 0 Å². The zero-order valence-electron chi connectivity index (χ0n) is 11.5. The Kier molecular flexibility index (Phi) is 4.25. The summed E-state index contributed by atoms with van der Waals surface area (Å²) in [6.45, 7) is 7.11. The predicted molar refractivity (Wildman–Crippen MR) is 72.6 cm³/mol. The summed E-state index contributed by atoms with van der Waals surface area (Å²) in [5, 5.41) is 9.13. The molecule has 5 nitrogen and oxygen atoms in total. The van der Waals surface area contributed by atoms with Crippen LogP contribution in [0.5, 0.6) is 0 Å². The first-order valence-corrected chi connectivity index (χ1v) is 7.30. The summed E-state index contributed by atoms with van der Waals surface area (Å²) < 4.78 is 25.1. The minimum Gasteiger partial charge on any atom is -0.464 e. The van der Waals surface area contributed by atoms with Gasteiger partial charge < -0.3 is 5.11 Å². The van der Waals surface area contributed by atoms with E-state index >= 15 is 0 Å². The zero-order chi connectivity index (χ0) is 14.8. The van der Waals surface area contributed by atoms with Crippen LogP contribution in [0.2, 0.25) is 0 Å². The smallest absolute Gasteiger partial charge is 0.421 e. The van der Waals surface area contributed by atoms with Crippen molar-refractivity contribution in [2.75, 3.05) is 6.54 Å². The highest BCUT2D eigenvalue weighted by atomic mass is 32.2. The monoisotopic (exact) mass is 285 g/mol. The van der Waals surface area contributed by atoms with Gasteiger partial charge in [0.15, 0.2) is 0 Å². The lowest BCUT2D eigenvalue weighted by atomic mass is 9.97. The van der Waals surface area contributed by atoms with Gasteiger partial charge in [0.25, 0.3) is 10.0 Å². The van der Waals surface area contributed by atoms with Crippen LogP contribution in [-0.4, -0.2) is 30.5 Å². The van der Waals surface area contributed by atoms with Crippen molar-refractivity contribution < 1.29 is 18.3 Å². The summed E-state index contributed by atoms with van der Waals surface area (Å²) in [6.07, 6.45) is -1.46. The summed E-state index contributed by atoms with van der Waals surface area (Å²) in [5.74, 6) is 0. The highest BCUT2D eigenvalue weighted by Crippen LogP contribution is 2.22. The van der Waals surface area contributed by atoms with Gasteiger partial charge in [-0.1, -0.05) is 38.5 Å². The maximum Gasteiger partial charge on any atom is 0.421 e. The molecule has 0 atom stereocenters. The number of sulfonamides is 1. The van der Waals surface area contributed by atoms with E-state index in [0.29, 0.717) is 4.31 Å². The molecular weight excluding hydrogens is 266 g/mol. The summed E-state index contributed by atoms with van der Waals surface area (Å²) in [7, 11) is -4.02. The summed E-state index contributed by atoms with van der Waals surface area (Å²) in [6, 6.07) is 6.13. The number of benzene rings is 1. The van der Waals surface area contributed by atoms with Crippen LogP contribution in [0.3, 0.4) is 0 Å². The second-order valence-corrected chi connectivity index (χ2v) is 7.53. The van der Waals surface area contributed by atoms with E-state index in [4.69, 9.17) is 5.11 Å². The molecule has 0 aliphatic rings. The quantitative estimate of drug-likeness (QED) is 0.926. The largest absolute Gasteiger partial charge is 0.464 e. The Labute approximate surface area is 113 Å². The lowest BCUT2D eigenvalue weighted by Gasteiger charge is -2.27. The minimum absolute atomic E-state index is 0.00949. The number of hydrogen-bond acceptors (Lipinski definition) is 3. The predicted octanol–water partition coefficient (Wildman–Crippen LogP) is 2.71. The molecule has 19 heavy (non-hydrogen) atoms. The van der Waals surface area contributed by atoms with E-state index in [1.807, 2.05) is 6.92 Å². The van der Waals surface area contributed by atoms with Gasteiger partial charge in [-0.15, -0.1) is 0 Å². The SMILES string of the molecule is Cc1ccc(S(=O)(=O)N(CC(C)(C)C)C(=O)O)cc1. The van der Waals surface area contributed by atoms with E-state index in [2.05, 4.69) is 0 Å². The van der Waals surface area contributed by atoms with E-state index in [-0.39, 0.29) is 11.4 Å². The third kappa shape index (κ3) is 3.96. The van der Waals surface area contributed by atoms with Gasteiger partial charge in [-0.2, -0.15) is 0 Å². The van der Waals surface area contributed by atoms with Crippen LogP contribution < -0.4 is 0 Å². The maximum absolute atomic E-state index is 12.3. The lowest BCUT2D eigenvalue weighted by molar-refractivity contribution is 0.160. The third-order valence-electron chi connectivity index (χ3n) is 2.44. The molecule has 0 fully saturated rings. The molecule has 0 spiro atoms. The van der Waals surface area contributed by atoms with Crippen molar-refractivity contribution in [3.05, 3.63) is 29.8 Å². The van der Waals surface area contributed by atoms with Gasteiger partial charge in [0, 0.05) is 6.54 Å². The van der Waals surface area contributed by atoms with Gasteiger partial charge in [-0.05, 0) is 24.5 Å². The second kappa shape index (κ2) is 5.21. The molecule has 0 aromatic heterocycles. The Bertz CT molecular complexity index is 555. The molecule has 6 heteroatoms. The molecule has 0 heterocycles. The zero-order valence-corrected chi connectivity index (χ0v) is 12.4. The molecule has 0 aliphatic heterocycles. The average molecular weight is 285 g/mol. The van der Waals surface area contributed by atoms with Crippen LogP contribution in [0.1, 0.15) is 26.3 Å². The van der Waals surface area contributed by atoms with Crippen LogP contribution in [0.25, 0.3) is 0 Å². The molecule has 0 saturated carbocycles. The van der Waals surface area contributed by atoms with Gasteiger partial charge >= 0.3 is 6.09 Å². The van der Waals surface area contributed by atoms with Crippen LogP contribution in [-0.2, 0) is 10.0 Å². The molecule has 0 radical (unpaired) electrons. The first-order chi connectivity index (χ1) is 8.54. The minimum atomic E-state index is -4.02. The Morgan fingerprint density at radius 1 is 1.21 bits per heavy atom. The van der Waals surface area contributed by atoms with Crippen LogP contribution in [0.4, 0.5) is 4.79 Å². The van der Waals surface area contributed by atoms with Gasteiger partial charge in [0.05, 0.1) is 4.90 Å². The van der Waals surface area contributed by atoms with Crippen LogP contribution in [0.15, 0.2) is 29.2 Å². The summed E-state index contributed by atoms with van der Waals surface area (Å²) >= 11 is 0. The van der Waals surface area contributed by atoms with Crippen molar-refractivity contribution in [1.29, 1.82) is 0 Å². The summed E-state index contributed by atoms with van der Waals surface area (Å²) in [5.41, 5.74) is 0.465. The number of carboxylic acid groups (broad SMARTS) is 1. The standard InChI is InChI=1S/C13H19NO4S/c1-10-5-7-11(8-6-10)19(17,18)14(12(15)16)9-13(2,3)4/h5-8H,9H2,1-4H3,(H,15,16). The highest BCUT2D eigenvalue weighted by Gasteiger charge is 2.32. The van der Waals surface area contributed by atoms with Crippen molar-refractivity contribution in [1.82, 2.24) is 4.31 Å². The summed E-state index contributed by atoms with van der Waals surface area (Å²) in [4.78, 5) is 11.2. The van der Waals surface area contributed by atoms with Gasteiger partial charge in [0.1, 0.15) is 0 Å². The number of rotatable bonds is 3. The third-order valence-corrected chi connectivity index (χ3v) is 4.17. The molecule has 0 bridgehead atoms. The number of aryl methyl sites for hydroxylation is 1. The van der Waals surface area contributed by atoms with E-state index in [9.17, 15) is 13.2 Å². The molecule has 1 aromatic rings. The molecule has 1 rings (SSSR count). The van der Waals surface area contributed by atoms with E-state index in [1.165, 1.54) is 12.1 Å². The first-order valence-electron chi connectivity index (χ1n) is 5.86. The Morgan fingerprint density at radius 2 is 1.68 bits per heavy atom. The van der Waals surface area contributed by atoms with Gasteiger partial charge in [0.2, 0.25) is 0 Å². The normalized spacial score (nSPS) is 12.2. The Balaban J connectivity index is 3.21. The van der Waals surface area contributed by atoms with E-state index < -0.39 is 21.5 Å². The van der Waals surface area contributed by atoms with Gasteiger partial charge in [-0.3, -0.25) is 0 Å². The van der Waals surface area contributed by atoms with Crippen LogP contribution >= 0.6 is 0 Å². The molecular formula is C13H19NO4S. The lowest BCUT2D eigenvalue weighted by Crippen LogP contribution is -2.41. The molecule has 0 unspecified atom stereocenters. The number of hydrogen-bond donors (Lipinski definition) is 1. The van der Waals surface area contributed by atoms with Crippen molar-refractivity contribution in [3.63, 3.8) is 0 Å². The number of carbonyl (C=O) groups is 1. The molecule has 1 aromatic carbocycles. The molecule has 106 valence electrons. The average Bonchev–Trinajstić information content (AvgIpc) is 2.25. The fraction of sp³-hybridized carbons (Fsp3) is 0.462. The fourth-order valence-electron chi connectivity index (χ4n) is 1.52. The van der Waals surface area contributed by atoms with E-state index in [0.717, 1.165) is 5.56 Å². The fourth-order valence-corrected chi connectivity index (χ4v) is 3.02. The molecule has 0 aliphatic carbocycles. The topological polar surface area (TPSA) is 74.7 Å². The Hall–Kier alpha value is -1.56. The number of amides is 1. The molecule has 0 saturated heterocycles. The molecule has 1 amide bonds. The van der Waals surface area contributed by atoms with Crippen LogP contribution in [0, 0.1) is 12.3 Å². The number of nitrogens with zero attached hydrogens (tertiary/aromatic N) is 1. The van der Waals surface area contributed by atoms with Crippen molar-refractivity contribution in [2.24, 2.45) is 5.41 Å². The molecule has 1 N–H and O–H groups in total. The first kappa shape index (κ1) is 15.5. The second-order valence-electron chi connectivity index (χ2n) is 5.67.